The molecule has 19 heavy (non-hydrogen) atoms. The summed E-state index contributed by atoms with van der Waals surface area (Å²) in [5, 5.41) is 3.64. The van der Waals surface area contributed by atoms with Crippen LogP contribution in [0.3, 0.4) is 0 Å². The topological polar surface area (TPSA) is 49.9 Å². The highest BCUT2D eigenvalue weighted by atomic mass is 16.5. The molecule has 1 aromatic carbocycles. The van der Waals surface area contributed by atoms with E-state index in [-0.39, 0.29) is 0 Å². The zero-order valence-corrected chi connectivity index (χ0v) is 11.1. The van der Waals surface area contributed by atoms with Crippen molar-refractivity contribution < 1.29 is 4.74 Å². The number of aromatic nitrogens is 2. The minimum Gasteiger partial charge on any atom is -0.497 e. The van der Waals surface area contributed by atoms with Crippen molar-refractivity contribution in [1.29, 1.82) is 0 Å². The van der Waals surface area contributed by atoms with Crippen LogP contribution in [-0.2, 0) is 0 Å². The summed E-state index contributed by atoms with van der Waals surface area (Å²) in [6.07, 6.45) is 4.09. The molecule has 1 saturated carbocycles. The van der Waals surface area contributed by atoms with Gasteiger partial charge in [-0.2, -0.15) is 0 Å². The fourth-order valence-corrected chi connectivity index (χ4v) is 3.77. The average Bonchev–Trinajstić information content (AvgIpc) is 3.11. The highest BCUT2D eigenvalue weighted by molar-refractivity contribution is 5.76. The van der Waals surface area contributed by atoms with Crippen molar-refractivity contribution >= 4 is 11.0 Å². The molecule has 1 saturated heterocycles. The van der Waals surface area contributed by atoms with Crippen LogP contribution >= 0.6 is 0 Å². The van der Waals surface area contributed by atoms with Crippen molar-refractivity contribution in [1.82, 2.24) is 15.3 Å². The molecule has 0 bridgehead atoms. The summed E-state index contributed by atoms with van der Waals surface area (Å²) in [5.41, 5.74) is 2.09. The maximum atomic E-state index is 5.26. The van der Waals surface area contributed by atoms with E-state index in [0.717, 1.165) is 41.0 Å². The molecule has 2 aliphatic rings. The summed E-state index contributed by atoms with van der Waals surface area (Å²) in [6, 6.07) is 6.42. The van der Waals surface area contributed by atoms with Gasteiger partial charge in [0.25, 0.3) is 0 Å². The van der Waals surface area contributed by atoms with Crippen molar-refractivity contribution in [2.24, 2.45) is 11.8 Å². The quantitative estimate of drug-likeness (QED) is 0.869. The van der Waals surface area contributed by atoms with Crippen LogP contribution in [-0.4, -0.2) is 23.6 Å². The molecule has 4 heteroatoms. The van der Waals surface area contributed by atoms with Gasteiger partial charge in [0, 0.05) is 6.07 Å². The van der Waals surface area contributed by atoms with E-state index in [4.69, 9.17) is 9.72 Å². The van der Waals surface area contributed by atoms with E-state index < -0.39 is 0 Å². The predicted octanol–water partition coefficient (Wildman–Crippen LogP) is 2.63. The Labute approximate surface area is 112 Å². The first-order chi connectivity index (χ1) is 9.35. The van der Waals surface area contributed by atoms with Gasteiger partial charge in [-0.3, -0.25) is 0 Å². The molecule has 4 rings (SSSR count). The number of H-pyrrole nitrogens is 1. The average molecular weight is 257 g/mol. The number of aromatic amines is 1. The van der Waals surface area contributed by atoms with Gasteiger partial charge in [0.2, 0.25) is 0 Å². The van der Waals surface area contributed by atoms with E-state index in [1.165, 1.54) is 19.3 Å². The van der Waals surface area contributed by atoms with Gasteiger partial charge >= 0.3 is 0 Å². The summed E-state index contributed by atoms with van der Waals surface area (Å²) in [5.74, 6) is 3.59. The van der Waals surface area contributed by atoms with E-state index in [1.807, 2.05) is 18.2 Å². The van der Waals surface area contributed by atoms with Gasteiger partial charge in [-0.25, -0.2) is 4.98 Å². The second-order valence-corrected chi connectivity index (χ2v) is 5.75. The van der Waals surface area contributed by atoms with Gasteiger partial charge in [-0.05, 0) is 43.4 Å². The summed E-state index contributed by atoms with van der Waals surface area (Å²) >= 11 is 0. The molecule has 100 valence electrons. The van der Waals surface area contributed by atoms with E-state index in [1.54, 1.807) is 7.11 Å². The number of methoxy groups -OCH3 is 1. The lowest BCUT2D eigenvalue weighted by molar-refractivity contribution is 0.410. The Kier molecular flexibility index (Phi) is 2.52. The van der Waals surface area contributed by atoms with Crippen LogP contribution in [0, 0.1) is 11.8 Å². The molecule has 2 N–H and O–H groups in total. The van der Waals surface area contributed by atoms with Crippen molar-refractivity contribution in [2.45, 2.75) is 25.3 Å². The SMILES string of the molecule is COc1ccc2nc(C3NCC4CCCC43)[nH]c2c1. The number of ether oxygens (including phenoxy) is 1. The number of fused-ring (bicyclic) bond motifs is 2. The minimum atomic E-state index is 0.408. The molecule has 1 aliphatic heterocycles. The zero-order chi connectivity index (χ0) is 12.8. The maximum absolute atomic E-state index is 5.26. The number of nitrogens with one attached hydrogen (secondary N) is 2. The smallest absolute Gasteiger partial charge is 0.124 e. The Morgan fingerprint density at radius 2 is 2.26 bits per heavy atom. The van der Waals surface area contributed by atoms with E-state index in [0.29, 0.717) is 6.04 Å². The highest BCUT2D eigenvalue weighted by Crippen LogP contribution is 2.43. The van der Waals surface area contributed by atoms with Crippen LogP contribution in [0.1, 0.15) is 31.1 Å². The van der Waals surface area contributed by atoms with E-state index in [2.05, 4.69) is 10.3 Å². The molecule has 2 aromatic rings. The van der Waals surface area contributed by atoms with Gasteiger partial charge < -0.3 is 15.0 Å². The largest absolute Gasteiger partial charge is 0.497 e. The third-order valence-corrected chi connectivity index (χ3v) is 4.75. The molecule has 3 atom stereocenters. The first-order valence-corrected chi connectivity index (χ1v) is 7.12. The Balaban J connectivity index is 1.71. The van der Waals surface area contributed by atoms with Crippen LogP contribution < -0.4 is 10.1 Å². The summed E-state index contributed by atoms with van der Waals surface area (Å²) in [7, 11) is 1.69. The lowest BCUT2D eigenvalue weighted by Gasteiger charge is -2.15. The normalized spacial score (nSPS) is 29.8. The lowest BCUT2D eigenvalue weighted by Crippen LogP contribution is -2.18. The summed E-state index contributed by atoms with van der Waals surface area (Å²) in [4.78, 5) is 8.23. The monoisotopic (exact) mass is 257 g/mol. The number of imidazole rings is 1. The lowest BCUT2D eigenvalue weighted by atomic mass is 9.94. The van der Waals surface area contributed by atoms with Gasteiger partial charge in [-0.15, -0.1) is 0 Å². The number of hydrogen-bond donors (Lipinski definition) is 2. The van der Waals surface area contributed by atoms with Gasteiger partial charge in [0.1, 0.15) is 11.6 Å². The van der Waals surface area contributed by atoms with Gasteiger partial charge in [-0.1, -0.05) is 6.42 Å². The second-order valence-electron chi connectivity index (χ2n) is 5.75. The van der Waals surface area contributed by atoms with Crippen molar-refractivity contribution in [3.05, 3.63) is 24.0 Å². The standard InChI is InChI=1S/C15H19N3O/c1-19-10-5-6-12-13(7-10)18-15(17-12)14-11-4-2-3-9(11)8-16-14/h5-7,9,11,14,16H,2-4,8H2,1H3,(H,17,18). The molecular weight excluding hydrogens is 238 g/mol. The molecule has 2 heterocycles. The molecule has 1 aromatic heterocycles. The summed E-state index contributed by atoms with van der Waals surface area (Å²) in [6.45, 7) is 1.15. The van der Waals surface area contributed by atoms with Gasteiger partial charge in [0.05, 0.1) is 24.2 Å². The Bertz CT molecular complexity index is 606. The molecule has 0 amide bonds. The fraction of sp³-hybridized carbons (Fsp3) is 0.533. The molecule has 0 radical (unpaired) electrons. The first-order valence-electron chi connectivity index (χ1n) is 7.12. The zero-order valence-electron chi connectivity index (χ0n) is 11.1. The van der Waals surface area contributed by atoms with Crippen LogP contribution in [0.5, 0.6) is 5.75 Å². The molecule has 0 spiro atoms. The number of rotatable bonds is 2. The molecule has 1 aliphatic carbocycles. The van der Waals surface area contributed by atoms with Crippen LogP contribution in [0.15, 0.2) is 18.2 Å². The van der Waals surface area contributed by atoms with Crippen LogP contribution in [0.25, 0.3) is 11.0 Å². The van der Waals surface area contributed by atoms with Crippen molar-refractivity contribution in [3.8, 4) is 5.75 Å². The van der Waals surface area contributed by atoms with Gasteiger partial charge in [0.15, 0.2) is 0 Å². The van der Waals surface area contributed by atoms with E-state index >= 15 is 0 Å². The Morgan fingerprint density at radius 3 is 3.16 bits per heavy atom. The molecule has 4 nitrogen and oxygen atoms in total. The number of benzene rings is 1. The van der Waals surface area contributed by atoms with E-state index in [9.17, 15) is 0 Å². The Morgan fingerprint density at radius 1 is 1.32 bits per heavy atom. The summed E-state index contributed by atoms with van der Waals surface area (Å²) < 4.78 is 5.26. The fourth-order valence-electron chi connectivity index (χ4n) is 3.77. The van der Waals surface area contributed by atoms with Crippen LogP contribution in [0.2, 0.25) is 0 Å². The molecule has 2 fully saturated rings. The second kappa shape index (κ2) is 4.23. The number of hydrogen-bond acceptors (Lipinski definition) is 3. The predicted molar refractivity (Wildman–Crippen MR) is 74.2 cm³/mol. The Hall–Kier alpha value is -1.55. The first kappa shape index (κ1) is 11.3. The highest BCUT2D eigenvalue weighted by Gasteiger charge is 2.40. The van der Waals surface area contributed by atoms with Crippen LogP contribution in [0.4, 0.5) is 0 Å². The maximum Gasteiger partial charge on any atom is 0.124 e. The minimum absolute atomic E-state index is 0.408. The van der Waals surface area contributed by atoms with Crippen molar-refractivity contribution in [2.75, 3.05) is 13.7 Å². The van der Waals surface area contributed by atoms with Crippen molar-refractivity contribution in [3.63, 3.8) is 0 Å². The third-order valence-electron chi connectivity index (χ3n) is 4.75. The molecule has 3 unspecified atom stereocenters. The number of nitrogens with zero attached hydrogens (tertiary/aromatic N) is 1. The molecular formula is C15H19N3O. The third kappa shape index (κ3) is 1.74.